The highest BCUT2D eigenvalue weighted by Gasteiger charge is 2.33. The van der Waals surface area contributed by atoms with E-state index in [0.29, 0.717) is 13.1 Å². The highest BCUT2D eigenvalue weighted by molar-refractivity contribution is 5.94. The Morgan fingerprint density at radius 2 is 1.85 bits per heavy atom. The number of carbonyl (C=O) groups is 2. The van der Waals surface area contributed by atoms with Crippen LogP contribution in [0.25, 0.3) is 6.08 Å². The predicted octanol–water partition coefficient (Wildman–Crippen LogP) is 4.51. The molecule has 2 aromatic carbocycles. The molecule has 3 aromatic rings. The van der Waals surface area contributed by atoms with Crippen molar-refractivity contribution in [2.75, 3.05) is 13.1 Å². The number of rotatable bonds is 6. The van der Waals surface area contributed by atoms with E-state index in [2.05, 4.69) is 4.57 Å². The molecule has 0 radical (unpaired) electrons. The third-order valence-corrected chi connectivity index (χ3v) is 5.95. The van der Waals surface area contributed by atoms with Crippen LogP contribution < -0.4 is 0 Å². The van der Waals surface area contributed by atoms with Gasteiger partial charge in [0.1, 0.15) is 12.4 Å². The first-order chi connectivity index (χ1) is 15.9. The molecule has 2 amide bonds. The topological polar surface area (TPSA) is 45.6 Å². The number of fused-ring (bicyclic) bond motifs is 1. The van der Waals surface area contributed by atoms with Crippen LogP contribution in [0.15, 0.2) is 79.0 Å². The van der Waals surface area contributed by atoms with Crippen LogP contribution >= 0.6 is 0 Å². The summed E-state index contributed by atoms with van der Waals surface area (Å²) in [6.07, 6.45) is 5.24. The zero-order valence-electron chi connectivity index (χ0n) is 18.9. The second kappa shape index (κ2) is 9.86. The number of hydrogen-bond donors (Lipinski definition) is 0. The zero-order chi connectivity index (χ0) is 23.4. The normalized spacial score (nSPS) is 15.6. The van der Waals surface area contributed by atoms with E-state index in [9.17, 15) is 14.0 Å². The Balaban J connectivity index is 1.57. The maximum absolute atomic E-state index is 14.0. The van der Waals surface area contributed by atoms with E-state index in [0.717, 1.165) is 16.8 Å². The molecule has 0 unspecified atom stereocenters. The lowest BCUT2D eigenvalue weighted by molar-refractivity contribution is -0.141. The van der Waals surface area contributed by atoms with Crippen molar-refractivity contribution in [2.24, 2.45) is 0 Å². The van der Waals surface area contributed by atoms with E-state index in [1.807, 2.05) is 68.6 Å². The molecule has 4 rings (SSSR count). The highest BCUT2D eigenvalue weighted by Crippen LogP contribution is 2.33. The van der Waals surface area contributed by atoms with E-state index >= 15 is 0 Å². The number of nitrogens with zero attached hydrogens (tertiary/aromatic N) is 3. The van der Waals surface area contributed by atoms with Gasteiger partial charge in [0.05, 0.1) is 6.04 Å². The second-order valence-corrected chi connectivity index (χ2v) is 8.48. The molecule has 1 aliphatic heterocycles. The Morgan fingerprint density at radius 1 is 1.06 bits per heavy atom. The van der Waals surface area contributed by atoms with Crippen molar-refractivity contribution in [2.45, 2.75) is 32.5 Å². The number of carbonyl (C=O) groups excluding carboxylic acids is 2. The first-order valence-corrected chi connectivity index (χ1v) is 11.2. The van der Waals surface area contributed by atoms with Gasteiger partial charge in [-0.3, -0.25) is 9.59 Å². The van der Waals surface area contributed by atoms with Gasteiger partial charge in [0.2, 0.25) is 11.8 Å². The summed E-state index contributed by atoms with van der Waals surface area (Å²) >= 11 is 0. The maximum Gasteiger partial charge on any atom is 0.247 e. The minimum Gasteiger partial charge on any atom is -0.348 e. The highest BCUT2D eigenvalue weighted by atomic mass is 19.1. The first-order valence-electron chi connectivity index (χ1n) is 11.2. The average Bonchev–Trinajstić information content (AvgIpc) is 3.29. The average molecular weight is 446 g/mol. The van der Waals surface area contributed by atoms with Crippen molar-refractivity contribution in [1.82, 2.24) is 14.4 Å². The second-order valence-electron chi connectivity index (χ2n) is 8.48. The summed E-state index contributed by atoms with van der Waals surface area (Å²) in [4.78, 5) is 29.8. The van der Waals surface area contributed by atoms with E-state index < -0.39 is 6.04 Å². The van der Waals surface area contributed by atoms with E-state index in [1.165, 1.54) is 18.2 Å². The van der Waals surface area contributed by atoms with Crippen LogP contribution in [-0.4, -0.2) is 45.3 Å². The number of amides is 2. The standard InChI is InChI=1S/C27H28FN3O2/c1-20(2)31(25(32)14-13-21-8-4-3-5-9-21)19-26(33)30-17-16-29-15-7-12-24(29)27(30)22-10-6-11-23(28)18-22/h3-15,18,20,27H,16-17,19H2,1-2H3/b14-13+/t27-/m1/s1. The van der Waals surface area contributed by atoms with Gasteiger partial charge >= 0.3 is 0 Å². The van der Waals surface area contributed by atoms with Crippen molar-refractivity contribution in [3.8, 4) is 0 Å². The summed E-state index contributed by atoms with van der Waals surface area (Å²) in [5, 5.41) is 0. The minimum absolute atomic E-state index is 0.0395. The molecule has 2 heterocycles. The smallest absolute Gasteiger partial charge is 0.247 e. The van der Waals surface area contributed by atoms with Crippen LogP contribution in [0.3, 0.4) is 0 Å². The summed E-state index contributed by atoms with van der Waals surface area (Å²) in [5.74, 6) is -0.717. The molecule has 0 saturated heterocycles. The first kappa shape index (κ1) is 22.5. The monoisotopic (exact) mass is 445 g/mol. The zero-order valence-corrected chi connectivity index (χ0v) is 18.9. The van der Waals surface area contributed by atoms with Gasteiger partial charge < -0.3 is 14.4 Å². The van der Waals surface area contributed by atoms with E-state index in [4.69, 9.17) is 0 Å². The molecular weight excluding hydrogens is 417 g/mol. The van der Waals surface area contributed by atoms with Gasteiger partial charge in [-0.05, 0) is 55.3 Å². The van der Waals surface area contributed by atoms with Crippen molar-refractivity contribution in [3.63, 3.8) is 0 Å². The molecule has 5 nitrogen and oxygen atoms in total. The van der Waals surface area contributed by atoms with E-state index in [-0.39, 0.29) is 30.2 Å². The van der Waals surface area contributed by atoms with Gasteiger partial charge in [-0.15, -0.1) is 0 Å². The van der Waals surface area contributed by atoms with Gasteiger partial charge in [-0.25, -0.2) is 4.39 Å². The van der Waals surface area contributed by atoms with Crippen LogP contribution in [0.2, 0.25) is 0 Å². The lowest BCUT2D eigenvalue weighted by Gasteiger charge is -2.39. The molecule has 170 valence electrons. The molecule has 0 N–H and O–H groups in total. The summed E-state index contributed by atoms with van der Waals surface area (Å²) in [5.41, 5.74) is 2.57. The van der Waals surface area contributed by atoms with Crippen molar-refractivity contribution in [1.29, 1.82) is 0 Å². The summed E-state index contributed by atoms with van der Waals surface area (Å²) < 4.78 is 16.1. The number of benzene rings is 2. The Hall–Kier alpha value is -3.67. The largest absolute Gasteiger partial charge is 0.348 e. The fourth-order valence-corrected chi connectivity index (χ4v) is 4.26. The molecule has 0 fully saturated rings. The van der Waals surface area contributed by atoms with Crippen molar-refractivity contribution < 1.29 is 14.0 Å². The Labute approximate surface area is 193 Å². The predicted molar refractivity (Wildman–Crippen MR) is 127 cm³/mol. The van der Waals surface area contributed by atoms with Crippen LogP contribution in [0, 0.1) is 5.82 Å². The lowest BCUT2D eigenvalue weighted by Crippen LogP contribution is -2.49. The number of aromatic nitrogens is 1. The fraction of sp³-hybridized carbons (Fsp3) is 0.259. The van der Waals surface area contributed by atoms with Gasteiger partial charge in [0.15, 0.2) is 0 Å². The molecule has 0 aliphatic carbocycles. The number of halogens is 1. The molecule has 1 aromatic heterocycles. The third kappa shape index (κ3) is 5.06. The van der Waals surface area contributed by atoms with Gasteiger partial charge in [-0.1, -0.05) is 42.5 Å². The van der Waals surface area contributed by atoms with E-state index in [1.54, 1.807) is 21.9 Å². The summed E-state index contributed by atoms with van der Waals surface area (Å²) in [7, 11) is 0. The Kier molecular flexibility index (Phi) is 6.73. The fourth-order valence-electron chi connectivity index (χ4n) is 4.26. The van der Waals surface area contributed by atoms with Gasteiger partial charge in [-0.2, -0.15) is 0 Å². The molecule has 0 bridgehead atoms. The maximum atomic E-state index is 14.0. The minimum atomic E-state index is -0.402. The quantitative estimate of drug-likeness (QED) is 0.524. The van der Waals surface area contributed by atoms with Crippen molar-refractivity contribution in [3.05, 3.63) is 102 Å². The van der Waals surface area contributed by atoms with Gasteiger partial charge in [0, 0.05) is 37.1 Å². The Morgan fingerprint density at radius 3 is 2.58 bits per heavy atom. The van der Waals surface area contributed by atoms with Crippen LogP contribution in [-0.2, 0) is 16.1 Å². The third-order valence-electron chi connectivity index (χ3n) is 5.95. The van der Waals surface area contributed by atoms with Crippen LogP contribution in [0.1, 0.15) is 36.7 Å². The molecule has 1 aliphatic rings. The molecular formula is C27H28FN3O2. The van der Waals surface area contributed by atoms with Gasteiger partial charge in [0.25, 0.3) is 0 Å². The Bertz CT molecular complexity index is 1150. The van der Waals surface area contributed by atoms with Crippen LogP contribution in [0.4, 0.5) is 4.39 Å². The molecule has 33 heavy (non-hydrogen) atoms. The summed E-state index contributed by atoms with van der Waals surface area (Å²) in [6.45, 7) is 4.90. The molecule has 1 atom stereocenters. The number of hydrogen-bond acceptors (Lipinski definition) is 2. The van der Waals surface area contributed by atoms with Crippen LogP contribution in [0.5, 0.6) is 0 Å². The molecule has 6 heteroatoms. The SMILES string of the molecule is CC(C)N(CC(=O)N1CCn2cccc2[C@H]1c1cccc(F)c1)C(=O)/C=C/c1ccccc1. The van der Waals surface area contributed by atoms with Crippen molar-refractivity contribution >= 4 is 17.9 Å². The summed E-state index contributed by atoms with van der Waals surface area (Å²) in [6, 6.07) is 19.3. The molecule has 0 spiro atoms. The lowest BCUT2D eigenvalue weighted by atomic mass is 9.99. The molecule has 0 saturated carbocycles.